The summed E-state index contributed by atoms with van der Waals surface area (Å²) >= 11 is 6.04. The Hall–Kier alpha value is -1.62. The van der Waals surface area contributed by atoms with Crippen molar-refractivity contribution in [2.75, 3.05) is 0 Å². The van der Waals surface area contributed by atoms with Crippen molar-refractivity contribution in [2.45, 2.75) is 45.1 Å². The van der Waals surface area contributed by atoms with Gasteiger partial charge in [-0.1, -0.05) is 54.9 Å². The van der Waals surface area contributed by atoms with E-state index >= 15 is 0 Å². The molecule has 0 amide bonds. The molecule has 1 aromatic carbocycles. The summed E-state index contributed by atoms with van der Waals surface area (Å²) in [5, 5.41) is 4.18. The van der Waals surface area contributed by atoms with Crippen molar-refractivity contribution < 1.29 is 8.91 Å². The van der Waals surface area contributed by atoms with Gasteiger partial charge in [-0.3, -0.25) is 9.09 Å². The first-order valence-corrected chi connectivity index (χ1v) is 8.01. The van der Waals surface area contributed by atoms with E-state index in [9.17, 15) is 9.18 Å². The van der Waals surface area contributed by atoms with E-state index in [1.54, 1.807) is 12.1 Å². The molecule has 4 nitrogen and oxygen atoms in total. The van der Waals surface area contributed by atoms with Crippen molar-refractivity contribution in [3.05, 3.63) is 51.0 Å². The van der Waals surface area contributed by atoms with Crippen molar-refractivity contribution >= 4 is 11.6 Å². The van der Waals surface area contributed by atoms with Gasteiger partial charge in [0.2, 0.25) is 0 Å². The van der Waals surface area contributed by atoms with Crippen LogP contribution < -0.4 is 5.76 Å². The highest BCUT2D eigenvalue weighted by atomic mass is 35.5. The fraction of sp³-hybridized carbons (Fsp3) is 0.500. The number of hydrogen-bond donors (Lipinski definition) is 0. The number of aromatic nitrogens is 2. The minimum Gasteiger partial charge on any atom is -0.296 e. The molecule has 3 rings (SSSR count). The predicted octanol–water partition coefficient (Wildman–Crippen LogP) is 3.80. The summed E-state index contributed by atoms with van der Waals surface area (Å²) in [6.07, 6.45) is 6.67. The second kappa shape index (κ2) is 6.65. The van der Waals surface area contributed by atoms with Crippen LogP contribution in [0.3, 0.4) is 0 Å². The Bertz CT molecular complexity index is 684. The molecule has 0 spiro atoms. The number of hydrogen-bond acceptors (Lipinski definition) is 3. The summed E-state index contributed by atoms with van der Waals surface area (Å²) in [5.41, 5.74) is 0.291. The van der Waals surface area contributed by atoms with Gasteiger partial charge in [0.1, 0.15) is 5.82 Å². The Balaban J connectivity index is 1.84. The van der Waals surface area contributed by atoms with E-state index < -0.39 is 11.6 Å². The monoisotopic (exact) mass is 324 g/mol. The van der Waals surface area contributed by atoms with E-state index in [0.717, 1.165) is 12.8 Å². The first-order chi connectivity index (χ1) is 10.6. The Morgan fingerprint density at radius 2 is 2.09 bits per heavy atom. The van der Waals surface area contributed by atoms with Gasteiger partial charge in [-0.05, 0) is 18.1 Å². The van der Waals surface area contributed by atoms with Crippen molar-refractivity contribution in [1.29, 1.82) is 0 Å². The van der Waals surface area contributed by atoms with Crippen molar-refractivity contribution in [1.82, 2.24) is 9.72 Å². The van der Waals surface area contributed by atoms with Gasteiger partial charge >= 0.3 is 5.76 Å². The average molecular weight is 325 g/mol. The molecule has 2 aromatic rings. The fourth-order valence-corrected chi connectivity index (χ4v) is 3.31. The third-order valence-electron chi connectivity index (χ3n) is 4.33. The molecule has 1 heterocycles. The molecule has 118 valence electrons. The second-order valence-electron chi connectivity index (χ2n) is 5.86. The van der Waals surface area contributed by atoms with Crippen molar-refractivity contribution in [3.8, 4) is 0 Å². The maximum atomic E-state index is 13.9. The first kappa shape index (κ1) is 15.3. The summed E-state index contributed by atoms with van der Waals surface area (Å²) in [6.45, 7) is 0.0515. The Morgan fingerprint density at radius 1 is 1.32 bits per heavy atom. The van der Waals surface area contributed by atoms with E-state index in [4.69, 9.17) is 16.1 Å². The third kappa shape index (κ3) is 3.24. The topological polar surface area (TPSA) is 48.0 Å². The van der Waals surface area contributed by atoms with Gasteiger partial charge in [0, 0.05) is 17.0 Å². The standard InChI is InChI=1S/C16H18ClFN2O2/c17-13-7-4-8-14(18)12(13)10-20-15(19-22-16(20)21)9-11-5-2-1-3-6-11/h4,7-8,11H,1-3,5-6,9-10H2. The molecule has 1 aromatic heterocycles. The lowest BCUT2D eigenvalue weighted by Gasteiger charge is -2.20. The minimum atomic E-state index is -0.565. The van der Waals surface area contributed by atoms with Crippen molar-refractivity contribution in [3.63, 3.8) is 0 Å². The maximum absolute atomic E-state index is 13.9. The van der Waals surface area contributed by atoms with E-state index in [1.165, 1.54) is 29.9 Å². The molecule has 0 saturated heterocycles. The molecule has 1 fully saturated rings. The SMILES string of the molecule is O=c1onc(CC2CCCCC2)n1Cc1c(F)cccc1Cl. The van der Waals surface area contributed by atoms with Crippen molar-refractivity contribution in [2.24, 2.45) is 5.92 Å². The van der Waals surface area contributed by atoms with Crippen LogP contribution >= 0.6 is 11.6 Å². The van der Waals surface area contributed by atoms with Crippen LogP contribution in [-0.2, 0) is 13.0 Å². The largest absolute Gasteiger partial charge is 0.441 e. The Kier molecular flexibility index (Phi) is 4.62. The molecule has 22 heavy (non-hydrogen) atoms. The van der Waals surface area contributed by atoms with Gasteiger partial charge < -0.3 is 0 Å². The predicted molar refractivity (Wildman–Crippen MR) is 81.6 cm³/mol. The molecule has 0 radical (unpaired) electrons. The smallest absolute Gasteiger partial charge is 0.296 e. The highest BCUT2D eigenvalue weighted by molar-refractivity contribution is 6.31. The zero-order valence-electron chi connectivity index (χ0n) is 12.2. The van der Waals surface area contributed by atoms with Crippen LogP contribution in [0.25, 0.3) is 0 Å². The molecule has 6 heteroatoms. The molecule has 0 bridgehead atoms. The van der Waals surface area contributed by atoms with Gasteiger partial charge in [0.15, 0.2) is 5.82 Å². The van der Waals surface area contributed by atoms with E-state index in [-0.39, 0.29) is 6.54 Å². The Morgan fingerprint density at radius 3 is 2.82 bits per heavy atom. The summed E-state index contributed by atoms with van der Waals surface area (Å²) in [5.74, 6) is 0.103. The number of nitrogens with zero attached hydrogens (tertiary/aromatic N) is 2. The highest BCUT2D eigenvalue weighted by Crippen LogP contribution is 2.26. The number of halogens is 2. The number of rotatable bonds is 4. The van der Waals surface area contributed by atoms with Crippen LogP contribution in [0.5, 0.6) is 0 Å². The second-order valence-corrected chi connectivity index (χ2v) is 6.27. The summed E-state index contributed by atoms with van der Waals surface area (Å²) in [4.78, 5) is 11.9. The quantitative estimate of drug-likeness (QED) is 0.859. The maximum Gasteiger partial charge on any atom is 0.441 e. The van der Waals surface area contributed by atoms with Crippen LogP contribution in [0.4, 0.5) is 4.39 Å². The fourth-order valence-electron chi connectivity index (χ4n) is 3.09. The van der Waals surface area contributed by atoms with E-state index in [2.05, 4.69) is 5.16 Å². The van der Waals surface area contributed by atoms with Crippen LogP contribution in [0.1, 0.15) is 43.5 Å². The first-order valence-electron chi connectivity index (χ1n) is 7.63. The van der Waals surface area contributed by atoms with Gasteiger partial charge in [-0.2, -0.15) is 0 Å². The molecular weight excluding hydrogens is 307 g/mol. The zero-order chi connectivity index (χ0) is 15.5. The van der Waals surface area contributed by atoms with Gasteiger partial charge in [0.25, 0.3) is 0 Å². The average Bonchev–Trinajstić information content (AvgIpc) is 2.85. The molecule has 0 atom stereocenters. The molecule has 0 unspecified atom stereocenters. The van der Waals surface area contributed by atoms with Crippen LogP contribution in [0, 0.1) is 11.7 Å². The van der Waals surface area contributed by atoms with Gasteiger partial charge in [-0.15, -0.1) is 0 Å². The number of benzene rings is 1. The summed E-state index contributed by atoms with van der Waals surface area (Å²) in [6, 6.07) is 4.49. The van der Waals surface area contributed by atoms with E-state index in [1.807, 2.05) is 0 Å². The van der Waals surface area contributed by atoms with Crippen LogP contribution in [-0.4, -0.2) is 9.72 Å². The lowest BCUT2D eigenvalue weighted by molar-refractivity contribution is 0.338. The lowest BCUT2D eigenvalue weighted by Crippen LogP contribution is -2.21. The van der Waals surface area contributed by atoms with Gasteiger partial charge in [-0.25, -0.2) is 9.18 Å². The van der Waals surface area contributed by atoms with Crippen LogP contribution in [0.15, 0.2) is 27.5 Å². The molecule has 1 aliphatic rings. The third-order valence-corrected chi connectivity index (χ3v) is 4.69. The molecule has 1 aliphatic carbocycles. The highest BCUT2D eigenvalue weighted by Gasteiger charge is 2.20. The molecular formula is C16H18ClFN2O2. The summed E-state index contributed by atoms with van der Waals surface area (Å²) in [7, 11) is 0. The van der Waals surface area contributed by atoms with Gasteiger partial charge in [0.05, 0.1) is 6.54 Å². The lowest BCUT2D eigenvalue weighted by atomic mass is 9.87. The molecule has 1 saturated carbocycles. The zero-order valence-corrected chi connectivity index (χ0v) is 13.0. The molecule has 0 aliphatic heterocycles. The normalized spacial score (nSPS) is 16.1. The van der Waals surface area contributed by atoms with E-state index in [0.29, 0.717) is 28.7 Å². The minimum absolute atomic E-state index is 0.0515. The summed E-state index contributed by atoms with van der Waals surface area (Å²) < 4.78 is 20.1. The molecule has 0 N–H and O–H groups in total. The van der Waals surface area contributed by atoms with Crippen LogP contribution in [0.2, 0.25) is 5.02 Å². The Labute approximate surface area is 132 Å².